The Morgan fingerprint density at radius 3 is 1.66 bits per heavy atom. The quantitative estimate of drug-likeness (QED) is 0.686. The Bertz CT molecular complexity index is 691. The van der Waals surface area contributed by atoms with Gasteiger partial charge in [-0.05, 0) is 34.6 Å². The first-order valence-corrected chi connectivity index (χ1v) is 10.7. The molecule has 2 unspecified atom stereocenters. The number of carbonyl (C=O) groups is 4. The maximum absolute atomic E-state index is 12.9. The molecule has 0 N–H and O–H groups in total. The molecule has 0 saturated carbocycles. The minimum atomic E-state index is -0.295. The lowest BCUT2D eigenvalue weighted by atomic mass is 10.0. The van der Waals surface area contributed by atoms with E-state index in [-0.39, 0.29) is 59.9 Å². The van der Waals surface area contributed by atoms with Gasteiger partial charge in [0.2, 0.25) is 23.6 Å². The van der Waals surface area contributed by atoms with Crippen LogP contribution in [-0.4, -0.2) is 94.1 Å². The Hall–Kier alpha value is -2.12. The molecule has 0 spiro atoms. The first-order chi connectivity index (χ1) is 13.5. The monoisotopic (exact) mass is 406 g/mol. The minimum Gasteiger partial charge on any atom is -0.339 e. The van der Waals surface area contributed by atoms with Crippen LogP contribution in [0.5, 0.6) is 0 Å². The molecule has 0 aliphatic carbocycles. The predicted octanol–water partition coefficient (Wildman–Crippen LogP) is 0.561. The van der Waals surface area contributed by atoms with Gasteiger partial charge in [0.1, 0.15) is 0 Å². The third-order valence-electron chi connectivity index (χ3n) is 6.32. The van der Waals surface area contributed by atoms with Crippen molar-refractivity contribution in [3.63, 3.8) is 0 Å². The second-order valence-electron chi connectivity index (χ2n) is 9.77. The smallest absolute Gasteiger partial charge is 0.228 e. The number of hydrogen-bond acceptors (Lipinski definition) is 4. The van der Waals surface area contributed by atoms with Gasteiger partial charge in [0.25, 0.3) is 0 Å². The van der Waals surface area contributed by atoms with Crippen molar-refractivity contribution < 1.29 is 19.2 Å². The molecular formula is C21H34N4O4. The summed E-state index contributed by atoms with van der Waals surface area (Å²) in [6.07, 6.45) is 0.549. The molecule has 0 aromatic carbocycles. The lowest BCUT2D eigenvalue weighted by Crippen LogP contribution is -2.53. The van der Waals surface area contributed by atoms with Crippen molar-refractivity contribution in [1.82, 2.24) is 19.6 Å². The van der Waals surface area contributed by atoms with Crippen LogP contribution in [0.15, 0.2) is 0 Å². The summed E-state index contributed by atoms with van der Waals surface area (Å²) in [5.74, 6) is -0.467. The maximum Gasteiger partial charge on any atom is 0.228 e. The highest BCUT2D eigenvalue weighted by atomic mass is 16.2. The highest BCUT2D eigenvalue weighted by Crippen LogP contribution is 2.28. The van der Waals surface area contributed by atoms with Gasteiger partial charge in [-0.25, -0.2) is 0 Å². The van der Waals surface area contributed by atoms with Crippen LogP contribution in [0.2, 0.25) is 0 Å². The maximum atomic E-state index is 12.9. The van der Waals surface area contributed by atoms with Gasteiger partial charge in [0.05, 0.1) is 11.8 Å². The summed E-state index contributed by atoms with van der Waals surface area (Å²) in [5, 5.41) is 0. The standard InChI is InChI=1S/C21H34N4O4/c1-14(2)24-12-15(10-17(24)26)19(28)22-6-8-23(9-7-22)20(29)16-11-18(27)25(13-16)21(3,4)5/h14-16H,6-13H2,1-5H3. The van der Waals surface area contributed by atoms with Crippen LogP contribution in [0.4, 0.5) is 0 Å². The van der Waals surface area contributed by atoms with Crippen molar-refractivity contribution in [3.8, 4) is 0 Å². The molecular weight excluding hydrogens is 372 g/mol. The summed E-state index contributed by atoms with van der Waals surface area (Å²) >= 11 is 0. The molecule has 8 heteroatoms. The molecule has 4 amide bonds. The lowest BCUT2D eigenvalue weighted by Gasteiger charge is -2.37. The fraction of sp³-hybridized carbons (Fsp3) is 0.810. The lowest BCUT2D eigenvalue weighted by molar-refractivity contribution is -0.143. The van der Waals surface area contributed by atoms with Crippen LogP contribution >= 0.6 is 0 Å². The van der Waals surface area contributed by atoms with E-state index >= 15 is 0 Å². The topological polar surface area (TPSA) is 81.2 Å². The summed E-state index contributed by atoms with van der Waals surface area (Å²) in [7, 11) is 0. The predicted molar refractivity (Wildman–Crippen MR) is 108 cm³/mol. The summed E-state index contributed by atoms with van der Waals surface area (Å²) in [4.78, 5) is 57.2. The molecule has 2 atom stereocenters. The van der Waals surface area contributed by atoms with Crippen LogP contribution in [0, 0.1) is 11.8 Å². The molecule has 3 aliphatic heterocycles. The van der Waals surface area contributed by atoms with Crippen molar-refractivity contribution in [2.45, 2.75) is 59.0 Å². The molecule has 3 fully saturated rings. The second kappa shape index (κ2) is 7.95. The van der Waals surface area contributed by atoms with Gasteiger partial charge in [0.15, 0.2) is 0 Å². The van der Waals surface area contributed by atoms with E-state index in [1.54, 1.807) is 19.6 Å². The Morgan fingerprint density at radius 1 is 0.828 bits per heavy atom. The second-order valence-corrected chi connectivity index (χ2v) is 9.77. The highest BCUT2D eigenvalue weighted by Gasteiger charge is 2.42. The molecule has 3 saturated heterocycles. The number of nitrogens with zero attached hydrogens (tertiary/aromatic N) is 4. The van der Waals surface area contributed by atoms with Crippen LogP contribution in [0.25, 0.3) is 0 Å². The molecule has 3 rings (SSSR count). The molecule has 3 heterocycles. The van der Waals surface area contributed by atoms with Gasteiger partial charge >= 0.3 is 0 Å². The van der Waals surface area contributed by atoms with Gasteiger partial charge in [-0.1, -0.05) is 0 Å². The zero-order valence-electron chi connectivity index (χ0n) is 18.3. The fourth-order valence-electron chi connectivity index (χ4n) is 4.58. The summed E-state index contributed by atoms with van der Waals surface area (Å²) in [5.41, 5.74) is -0.278. The average Bonchev–Trinajstić information content (AvgIpc) is 3.23. The number of hydrogen-bond donors (Lipinski definition) is 0. The van der Waals surface area contributed by atoms with Gasteiger partial charge in [0, 0.05) is 63.7 Å². The number of likely N-dealkylation sites (tertiary alicyclic amines) is 2. The molecule has 8 nitrogen and oxygen atoms in total. The minimum absolute atomic E-state index is 0.0132. The molecule has 3 aliphatic rings. The molecule has 29 heavy (non-hydrogen) atoms. The summed E-state index contributed by atoms with van der Waals surface area (Å²) < 4.78 is 0. The number of rotatable bonds is 3. The van der Waals surface area contributed by atoms with Crippen molar-refractivity contribution >= 4 is 23.6 Å². The SMILES string of the molecule is CC(C)N1CC(C(=O)N2CCN(C(=O)C3CC(=O)N(C(C)(C)C)C3)CC2)CC1=O. The zero-order valence-corrected chi connectivity index (χ0v) is 18.3. The molecule has 0 aromatic rings. The van der Waals surface area contributed by atoms with Crippen LogP contribution in [0.1, 0.15) is 47.5 Å². The van der Waals surface area contributed by atoms with E-state index < -0.39 is 0 Å². The van der Waals surface area contributed by atoms with Crippen molar-refractivity contribution in [1.29, 1.82) is 0 Å². The van der Waals surface area contributed by atoms with E-state index in [0.717, 1.165) is 0 Å². The normalized spacial score (nSPS) is 26.1. The Labute approximate surface area is 173 Å². The van der Waals surface area contributed by atoms with Gasteiger partial charge in [-0.3, -0.25) is 19.2 Å². The van der Waals surface area contributed by atoms with Crippen molar-refractivity contribution in [2.24, 2.45) is 11.8 Å². The van der Waals surface area contributed by atoms with Crippen LogP contribution in [0.3, 0.4) is 0 Å². The largest absolute Gasteiger partial charge is 0.339 e. The third-order valence-corrected chi connectivity index (χ3v) is 6.32. The van der Waals surface area contributed by atoms with E-state index in [1.807, 2.05) is 34.6 Å². The first-order valence-electron chi connectivity index (χ1n) is 10.7. The van der Waals surface area contributed by atoms with Crippen LogP contribution in [-0.2, 0) is 19.2 Å². The summed E-state index contributed by atoms with van der Waals surface area (Å²) in [6.45, 7) is 12.8. The van der Waals surface area contributed by atoms with E-state index in [2.05, 4.69) is 0 Å². The number of piperazine rings is 1. The Kier molecular flexibility index (Phi) is 5.92. The Morgan fingerprint density at radius 2 is 1.28 bits per heavy atom. The van der Waals surface area contributed by atoms with E-state index in [1.165, 1.54) is 0 Å². The number of carbonyl (C=O) groups excluding carboxylic acids is 4. The van der Waals surface area contributed by atoms with E-state index in [4.69, 9.17) is 0 Å². The zero-order chi connectivity index (χ0) is 21.5. The van der Waals surface area contributed by atoms with E-state index in [9.17, 15) is 19.2 Å². The molecule has 0 bridgehead atoms. The molecule has 0 radical (unpaired) electrons. The Balaban J connectivity index is 1.52. The van der Waals surface area contributed by atoms with Gasteiger partial charge in [-0.15, -0.1) is 0 Å². The van der Waals surface area contributed by atoms with Crippen LogP contribution < -0.4 is 0 Å². The first kappa shape index (κ1) is 21.6. The average molecular weight is 407 g/mol. The van der Waals surface area contributed by atoms with E-state index in [0.29, 0.717) is 39.3 Å². The van der Waals surface area contributed by atoms with Crippen molar-refractivity contribution in [2.75, 3.05) is 39.3 Å². The van der Waals surface area contributed by atoms with Gasteiger partial charge < -0.3 is 19.6 Å². The van der Waals surface area contributed by atoms with Gasteiger partial charge in [-0.2, -0.15) is 0 Å². The molecule has 0 aromatic heterocycles. The molecule has 162 valence electrons. The summed E-state index contributed by atoms with van der Waals surface area (Å²) in [6, 6.07) is 0.108. The number of amides is 4. The highest BCUT2D eigenvalue weighted by molar-refractivity contribution is 5.91. The fourth-order valence-corrected chi connectivity index (χ4v) is 4.58. The third kappa shape index (κ3) is 4.41. The van der Waals surface area contributed by atoms with Crippen molar-refractivity contribution in [3.05, 3.63) is 0 Å².